The first kappa shape index (κ1) is 20.8. The number of amides is 1. The average molecular weight is 456 g/mol. The molecular formula is C22H18ClN3O4S. The van der Waals surface area contributed by atoms with E-state index in [9.17, 15) is 13.2 Å². The largest absolute Gasteiger partial charge is 0.497 e. The number of hydrogen-bond donors (Lipinski definition) is 3. The van der Waals surface area contributed by atoms with Crippen LogP contribution in [0.25, 0.3) is 10.9 Å². The summed E-state index contributed by atoms with van der Waals surface area (Å²) in [5.74, 6) is 0.272. The molecule has 0 saturated carbocycles. The number of aromatic amines is 1. The van der Waals surface area contributed by atoms with Gasteiger partial charge in [-0.05, 0) is 48.5 Å². The first-order chi connectivity index (χ1) is 14.9. The van der Waals surface area contributed by atoms with Gasteiger partial charge < -0.3 is 15.0 Å². The smallest absolute Gasteiger partial charge is 0.272 e. The van der Waals surface area contributed by atoms with Crippen molar-refractivity contribution in [3.05, 3.63) is 83.5 Å². The lowest BCUT2D eigenvalue weighted by molar-refractivity contribution is 0.102. The quantitative estimate of drug-likeness (QED) is 0.385. The van der Waals surface area contributed by atoms with E-state index in [1.807, 2.05) is 6.07 Å². The second-order valence-electron chi connectivity index (χ2n) is 6.70. The summed E-state index contributed by atoms with van der Waals surface area (Å²) in [5, 5.41) is 3.85. The first-order valence-electron chi connectivity index (χ1n) is 9.21. The van der Waals surface area contributed by atoms with Crippen molar-refractivity contribution in [2.24, 2.45) is 0 Å². The van der Waals surface area contributed by atoms with Crippen molar-refractivity contribution in [2.45, 2.75) is 4.90 Å². The summed E-state index contributed by atoms with van der Waals surface area (Å²) in [6, 6.07) is 19.7. The fourth-order valence-corrected chi connectivity index (χ4v) is 4.41. The van der Waals surface area contributed by atoms with E-state index in [2.05, 4.69) is 15.0 Å². The van der Waals surface area contributed by atoms with Crippen molar-refractivity contribution in [1.82, 2.24) is 4.98 Å². The van der Waals surface area contributed by atoms with Gasteiger partial charge >= 0.3 is 0 Å². The van der Waals surface area contributed by atoms with E-state index in [4.69, 9.17) is 16.3 Å². The van der Waals surface area contributed by atoms with E-state index >= 15 is 0 Å². The third-order valence-electron chi connectivity index (χ3n) is 4.59. The predicted molar refractivity (Wildman–Crippen MR) is 122 cm³/mol. The zero-order chi connectivity index (χ0) is 22.0. The number of halogens is 1. The number of benzene rings is 3. The normalized spacial score (nSPS) is 11.3. The number of fused-ring (bicyclic) bond motifs is 1. The monoisotopic (exact) mass is 455 g/mol. The van der Waals surface area contributed by atoms with E-state index in [1.165, 1.54) is 12.1 Å². The van der Waals surface area contributed by atoms with Crippen LogP contribution in [0.3, 0.4) is 0 Å². The molecule has 1 heterocycles. The Morgan fingerprint density at radius 1 is 1.00 bits per heavy atom. The molecular weight excluding hydrogens is 438 g/mol. The predicted octanol–water partition coefficient (Wildman–Crippen LogP) is 4.88. The fourth-order valence-electron chi connectivity index (χ4n) is 3.04. The number of sulfonamides is 1. The topological polar surface area (TPSA) is 100 Å². The lowest BCUT2D eigenvalue weighted by Crippen LogP contribution is -2.15. The van der Waals surface area contributed by atoms with Gasteiger partial charge in [-0.25, -0.2) is 8.42 Å². The maximum atomic E-state index is 12.7. The van der Waals surface area contributed by atoms with Crippen LogP contribution in [0.1, 0.15) is 10.5 Å². The Bertz CT molecular complexity index is 1380. The van der Waals surface area contributed by atoms with Crippen LogP contribution in [0.5, 0.6) is 5.75 Å². The Kier molecular flexibility index (Phi) is 5.58. The highest BCUT2D eigenvalue weighted by atomic mass is 35.5. The molecule has 0 unspecified atom stereocenters. The summed E-state index contributed by atoms with van der Waals surface area (Å²) < 4.78 is 33.1. The standard InChI is InChI=1S/C22H18ClN3O4S/c1-30-16-10-9-14-11-21(25-20(14)13-16)22(27)24-15-5-4-6-17(12-15)31(28,29)26-19-8-3-2-7-18(19)23/h2-13,25-26H,1H3,(H,24,27). The third kappa shape index (κ3) is 4.50. The number of hydrogen-bond acceptors (Lipinski definition) is 4. The molecule has 0 bridgehead atoms. The third-order valence-corrected chi connectivity index (χ3v) is 6.29. The molecule has 9 heteroatoms. The van der Waals surface area contributed by atoms with Gasteiger partial charge in [0.2, 0.25) is 0 Å². The Balaban J connectivity index is 1.55. The van der Waals surface area contributed by atoms with Crippen molar-refractivity contribution in [3.63, 3.8) is 0 Å². The van der Waals surface area contributed by atoms with Crippen molar-refractivity contribution >= 4 is 49.8 Å². The number of para-hydroxylation sites is 1. The molecule has 0 aliphatic rings. The van der Waals surface area contributed by atoms with Crippen LogP contribution in [-0.2, 0) is 10.0 Å². The van der Waals surface area contributed by atoms with Gasteiger partial charge in [-0.15, -0.1) is 0 Å². The molecule has 4 aromatic rings. The number of nitrogens with one attached hydrogen (secondary N) is 3. The van der Waals surface area contributed by atoms with Crippen LogP contribution in [0.4, 0.5) is 11.4 Å². The molecule has 4 rings (SSSR count). The maximum absolute atomic E-state index is 12.7. The number of rotatable bonds is 6. The summed E-state index contributed by atoms with van der Waals surface area (Å²) in [7, 11) is -2.33. The van der Waals surface area contributed by atoms with Crippen LogP contribution in [0, 0.1) is 0 Å². The van der Waals surface area contributed by atoms with Crippen molar-refractivity contribution in [2.75, 3.05) is 17.1 Å². The average Bonchev–Trinajstić information content (AvgIpc) is 3.19. The minimum atomic E-state index is -3.89. The van der Waals surface area contributed by atoms with Crippen LogP contribution in [0.15, 0.2) is 77.7 Å². The van der Waals surface area contributed by atoms with E-state index in [-0.39, 0.29) is 15.6 Å². The fraction of sp³-hybridized carbons (Fsp3) is 0.0455. The van der Waals surface area contributed by atoms with Gasteiger partial charge in [0.15, 0.2) is 0 Å². The van der Waals surface area contributed by atoms with Crippen LogP contribution >= 0.6 is 11.6 Å². The van der Waals surface area contributed by atoms with Gasteiger partial charge in [-0.1, -0.05) is 29.8 Å². The molecule has 0 aliphatic carbocycles. The molecule has 31 heavy (non-hydrogen) atoms. The van der Waals surface area contributed by atoms with Crippen LogP contribution in [0.2, 0.25) is 5.02 Å². The molecule has 0 radical (unpaired) electrons. The highest BCUT2D eigenvalue weighted by Gasteiger charge is 2.17. The van der Waals surface area contributed by atoms with Crippen molar-refractivity contribution in [1.29, 1.82) is 0 Å². The number of anilines is 2. The Labute approximate surface area is 184 Å². The SMILES string of the molecule is COc1ccc2cc(C(=O)Nc3cccc(S(=O)(=O)Nc4ccccc4Cl)c3)[nH]c2c1. The molecule has 1 aromatic heterocycles. The minimum absolute atomic E-state index is 0.00778. The first-order valence-corrected chi connectivity index (χ1v) is 11.1. The van der Waals surface area contributed by atoms with Crippen LogP contribution < -0.4 is 14.8 Å². The van der Waals surface area contributed by atoms with Crippen molar-refractivity contribution in [3.8, 4) is 5.75 Å². The van der Waals surface area contributed by atoms with Gasteiger partial charge in [0.1, 0.15) is 11.4 Å². The Hall–Kier alpha value is -3.49. The summed E-state index contributed by atoms with van der Waals surface area (Å²) in [5.41, 5.74) is 1.70. The number of ether oxygens (including phenoxy) is 1. The van der Waals surface area contributed by atoms with Gasteiger partial charge in [0.25, 0.3) is 15.9 Å². The molecule has 0 atom stereocenters. The number of aromatic nitrogens is 1. The van der Waals surface area contributed by atoms with Crippen molar-refractivity contribution < 1.29 is 17.9 Å². The second-order valence-corrected chi connectivity index (χ2v) is 8.79. The lowest BCUT2D eigenvalue weighted by Gasteiger charge is -2.11. The second kappa shape index (κ2) is 8.33. The molecule has 0 aliphatic heterocycles. The summed E-state index contributed by atoms with van der Waals surface area (Å²) in [6.07, 6.45) is 0. The molecule has 3 aromatic carbocycles. The molecule has 0 saturated heterocycles. The summed E-state index contributed by atoms with van der Waals surface area (Å²) >= 11 is 6.04. The molecule has 7 nitrogen and oxygen atoms in total. The molecule has 0 fully saturated rings. The maximum Gasteiger partial charge on any atom is 0.272 e. The Morgan fingerprint density at radius 3 is 2.58 bits per heavy atom. The molecule has 158 valence electrons. The molecule has 3 N–H and O–H groups in total. The number of carbonyl (C=O) groups is 1. The summed E-state index contributed by atoms with van der Waals surface area (Å²) in [4.78, 5) is 15.7. The highest BCUT2D eigenvalue weighted by molar-refractivity contribution is 7.92. The van der Waals surface area contributed by atoms with Crippen LogP contribution in [-0.4, -0.2) is 26.4 Å². The number of carbonyl (C=O) groups excluding carboxylic acids is 1. The lowest BCUT2D eigenvalue weighted by atomic mass is 10.2. The molecule has 1 amide bonds. The highest BCUT2D eigenvalue weighted by Crippen LogP contribution is 2.26. The van der Waals surface area contributed by atoms with E-state index in [0.29, 0.717) is 17.1 Å². The van der Waals surface area contributed by atoms with E-state index in [1.54, 1.807) is 61.7 Å². The number of methoxy groups -OCH3 is 1. The van der Waals surface area contributed by atoms with E-state index < -0.39 is 15.9 Å². The Morgan fingerprint density at radius 2 is 1.81 bits per heavy atom. The van der Waals surface area contributed by atoms with Gasteiger partial charge in [0.05, 0.1) is 22.7 Å². The number of H-pyrrole nitrogens is 1. The zero-order valence-electron chi connectivity index (χ0n) is 16.3. The van der Waals surface area contributed by atoms with Gasteiger partial charge in [-0.3, -0.25) is 9.52 Å². The zero-order valence-corrected chi connectivity index (χ0v) is 17.9. The van der Waals surface area contributed by atoms with E-state index in [0.717, 1.165) is 10.9 Å². The van der Waals surface area contributed by atoms with Gasteiger partial charge in [-0.2, -0.15) is 0 Å². The summed E-state index contributed by atoms with van der Waals surface area (Å²) in [6.45, 7) is 0. The minimum Gasteiger partial charge on any atom is -0.497 e. The van der Waals surface area contributed by atoms with Gasteiger partial charge in [0, 0.05) is 22.7 Å². The molecule has 0 spiro atoms.